The third-order valence-electron chi connectivity index (χ3n) is 15.2. The average molecular weight is 840 g/mol. The zero-order valence-corrected chi connectivity index (χ0v) is 37.7. The molecule has 65 heavy (non-hydrogen) atoms. The molecule has 2 aliphatic rings. The molecule has 0 unspecified atom stereocenters. The molecule has 0 bridgehead atoms. The van der Waals surface area contributed by atoms with Gasteiger partial charge in [0.25, 0.3) is 0 Å². The summed E-state index contributed by atoms with van der Waals surface area (Å²) in [6, 6.07) is 59.9. The van der Waals surface area contributed by atoms with Crippen LogP contribution < -0.4 is 0 Å². The summed E-state index contributed by atoms with van der Waals surface area (Å²) >= 11 is 0. The molecule has 0 aliphatic heterocycles. The molecular weight excluding hydrogens is 791 g/mol. The van der Waals surface area contributed by atoms with Crippen molar-refractivity contribution in [3.05, 3.63) is 186 Å². The molecule has 5 heteroatoms. The van der Waals surface area contributed by atoms with E-state index in [1.807, 2.05) is 0 Å². The van der Waals surface area contributed by atoms with Crippen LogP contribution in [0.25, 0.3) is 99.9 Å². The Morgan fingerprint density at radius 1 is 0.415 bits per heavy atom. The zero-order valence-electron chi connectivity index (χ0n) is 37.7. The molecule has 0 atom stereocenters. The summed E-state index contributed by atoms with van der Waals surface area (Å²) < 4.78 is 4.84. The van der Waals surface area contributed by atoms with E-state index in [2.05, 4.69) is 214 Å². The first-order valence-corrected chi connectivity index (χ1v) is 23.1. The smallest absolute Gasteiger partial charge is 0.238 e. The lowest BCUT2D eigenvalue weighted by molar-refractivity contribution is 0.332. The van der Waals surface area contributed by atoms with Crippen molar-refractivity contribution >= 4 is 54.4 Å². The third kappa shape index (κ3) is 5.42. The third-order valence-corrected chi connectivity index (χ3v) is 15.2. The van der Waals surface area contributed by atoms with Crippen LogP contribution in [0, 0.1) is 0 Å². The van der Waals surface area contributed by atoms with E-state index in [-0.39, 0.29) is 16.2 Å². The van der Waals surface area contributed by atoms with Crippen molar-refractivity contribution in [3.63, 3.8) is 0 Å². The van der Waals surface area contributed by atoms with E-state index in [0.717, 1.165) is 62.4 Å². The molecule has 5 nitrogen and oxygen atoms in total. The molecule has 3 aromatic heterocycles. The van der Waals surface area contributed by atoms with E-state index in [0.29, 0.717) is 17.6 Å². The highest BCUT2D eigenvalue weighted by molar-refractivity contribution is 6.24. The maximum absolute atomic E-state index is 5.63. The second-order valence-corrected chi connectivity index (χ2v) is 20.3. The number of aromatic nitrogens is 5. The van der Waals surface area contributed by atoms with Crippen LogP contribution in [-0.2, 0) is 16.2 Å². The standard InChI is InChI=1S/C60H49N5/c1-58(2)31-32-59(3,4)49-35-51-45(34-48(49)58)42-30-29-41-40-21-13-15-26-50(40)65(54(41)53(42)64(51)39-19-8-7-9-20-39)57-62-55(38-28-27-36-17-10-11-18-37(36)33-38)61-56(63-57)44-23-16-25-47-52(44)43-22-12-14-24-46(43)60(47,5)6/h7-30,33-35H,31-32H2,1-6H3. The van der Waals surface area contributed by atoms with Gasteiger partial charge in [0.2, 0.25) is 5.95 Å². The van der Waals surface area contributed by atoms with E-state index in [4.69, 9.17) is 15.0 Å². The lowest BCUT2D eigenvalue weighted by Crippen LogP contribution is -2.33. The molecule has 0 radical (unpaired) electrons. The van der Waals surface area contributed by atoms with Gasteiger partial charge in [0.15, 0.2) is 11.6 Å². The van der Waals surface area contributed by atoms with Crippen LogP contribution in [-0.4, -0.2) is 24.1 Å². The first kappa shape index (κ1) is 38.1. The van der Waals surface area contributed by atoms with Gasteiger partial charge in [-0.3, -0.25) is 4.57 Å². The van der Waals surface area contributed by atoms with E-state index in [1.165, 1.54) is 55.1 Å². The number of hydrogen-bond acceptors (Lipinski definition) is 3. The number of fused-ring (bicyclic) bond motifs is 12. The van der Waals surface area contributed by atoms with Crippen LogP contribution >= 0.6 is 0 Å². The van der Waals surface area contributed by atoms with Crippen LogP contribution in [0.2, 0.25) is 0 Å². The topological polar surface area (TPSA) is 48.5 Å². The lowest BCUT2D eigenvalue weighted by Gasteiger charge is -2.42. The maximum Gasteiger partial charge on any atom is 0.238 e. The quantitative estimate of drug-likeness (QED) is 0.177. The number of para-hydroxylation sites is 2. The molecular formula is C60H49N5. The second-order valence-electron chi connectivity index (χ2n) is 20.3. The summed E-state index contributed by atoms with van der Waals surface area (Å²) in [6.45, 7) is 14.3. The van der Waals surface area contributed by atoms with Gasteiger partial charge in [-0.15, -0.1) is 0 Å². The zero-order chi connectivity index (χ0) is 44.0. The average Bonchev–Trinajstić information content (AvgIpc) is 3.93. The minimum atomic E-state index is -0.175. The van der Waals surface area contributed by atoms with E-state index in [1.54, 1.807) is 0 Å². The minimum Gasteiger partial charge on any atom is -0.307 e. The predicted octanol–water partition coefficient (Wildman–Crippen LogP) is 15.2. The first-order valence-electron chi connectivity index (χ1n) is 23.1. The Labute approximate surface area is 379 Å². The highest BCUT2D eigenvalue weighted by Crippen LogP contribution is 2.53. The van der Waals surface area contributed by atoms with Crippen molar-refractivity contribution < 1.29 is 0 Å². The van der Waals surface area contributed by atoms with Gasteiger partial charge in [-0.05, 0) is 104 Å². The molecule has 3 heterocycles. The Bertz CT molecular complexity index is 3810. The van der Waals surface area contributed by atoms with Crippen LogP contribution in [0.1, 0.15) is 76.6 Å². The fourth-order valence-electron chi connectivity index (χ4n) is 11.6. The summed E-state index contributed by atoms with van der Waals surface area (Å²) in [5.74, 6) is 1.88. The molecule has 0 spiro atoms. The van der Waals surface area contributed by atoms with E-state index < -0.39 is 0 Å². The highest BCUT2D eigenvalue weighted by atomic mass is 15.2. The van der Waals surface area contributed by atoms with Gasteiger partial charge in [-0.2, -0.15) is 9.97 Å². The summed E-state index contributed by atoms with van der Waals surface area (Å²) in [4.78, 5) is 16.6. The molecule has 2 aliphatic carbocycles. The monoisotopic (exact) mass is 839 g/mol. The van der Waals surface area contributed by atoms with Crippen LogP contribution in [0.5, 0.6) is 0 Å². The Morgan fingerprint density at radius 2 is 1.05 bits per heavy atom. The van der Waals surface area contributed by atoms with Gasteiger partial charge in [0, 0.05) is 43.8 Å². The Morgan fingerprint density at radius 3 is 1.86 bits per heavy atom. The van der Waals surface area contributed by atoms with Crippen LogP contribution in [0.15, 0.2) is 164 Å². The second kappa shape index (κ2) is 13.3. The summed E-state index contributed by atoms with van der Waals surface area (Å²) in [5, 5.41) is 7.11. The largest absolute Gasteiger partial charge is 0.307 e. The first-order chi connectivity index (χ1) is 31.5. The molecule has 0 saturated carbocycles. The van der Waals surface area contributed by atoms with Crippen molar-refractivity contribution in [2.45, 2.75) is 70.6 Å². The van der Waals surface area contributed by atoms with Crippen molar-refractivity contribution in [2.75, 3.05) is 0 Å². The Balaban J connectivity index is 1.18. The molecule has 13 rings (SSSR count). The van der Waals surface area contributed by atoms with Crippen molar-refractivity contribution in [1.29, 1.82) is 0 Å². The minimum absolute atomic E-state index is 0.0506. The van der Waals surface area contributed by atoms with Crippen LogP contribution in [0.3, 0.4) is 0 Å². The SMILES string of the molecule is CC1(C)CCC(C)(C)c2cc3c(cc21)c1ccc2c4ccccc4n(-c4nc(-c5ccc6ccccc6c5)nc(-c5cccc6c5-c5ccccc5C6(C)C)n4)c2c1n3-c1ccccc1. The lowest BCUT2D eigenvalue weighted by atomic mass is 9.63. The van der Waals surface area contributed by atoms with Crippen molar-refractivity contribution in [1.82, 2.24) is 24.1 Å². The Kier molecular flexibility index (Phi) is 7.82. The van der Waals surface area contributed by atoms with Gasteiger partial charge in [-0.1, -0.05) is 169 Å². The summed E-state index contributed by atoms with van der Waals surface area (Å²) in [6.07, 6.45) is 2.31. The Hall–Kier alpha value is -7.37. The van der Waals surface area contributed by atoms with Gasteiger partial charge in [0.1, 0.15) is 0 Å². The van der Waals surface area contributed by atoms with Gasteiger partial charge in [0.05, 0.1) is 22.1 Å². The normalized spacial score (nSPS) is 15.8. The number of nitrogens with zero attached hydrogens (tertiary/aromatic N) is 5. The van der Waals surface area contributed by atoms with Crippen molar-refractivity contribution in [3.8, 4) is 45.5 Å². The predicted molar refractivity (Wildman–Crippen MR) is 270 cm³/mol. The summed E-state index contributed by atoms with van der Waals surface area (Å²) in [5.41, 5.74) is 15.4. The van der Waals surface area contributed by atoms with Crippen LogP contribution in [0.4, 0.5) is 0 Å². The van der Waals surface area contributed by atoms with E-state index >= 15 is 0 Å². The summed E-state index contributed by atoms with van der Waals surface area (Å²) in [7, 11) is 0. The van der Waals surface area contributed by atoms with Gasteiger partial charge < -0.3 is 4.57 Å². The highest BCUT2D eigenvalue weighted by Gasteiger charge is 2.39. The van der Waals surface area contributed by atoms with E-state index in [9.17, 15) is 0 Å². The van der Waals surface area contributed by atoms with Crippen molar-refractivity contribution in [2.24, 2.45) is 0 Å². The molecule has 8 aromatic carbocycles. The fourth-order valence-corrected chi connectivity index (χ4v) is 11.6. The molecule has 314 valence electrons. The molecule has 0 amide bonds. The number of benzene rings is 8. The molecule has 0 N–H and O–H groups in total. The maximum atomic E-state index is 5.63. The number of hydrogen-bond donors (Lipinski definition) is 0. The molecule has 0 fully saturated rings. The molecule has 11 aromatic rings. The van der Waals surface area contributed by atoms with Gasteiger partial charge in [-0.25, -0.2) is 4.98 Å². The van der Waals surface area contributed by atoms with Gasteiger partial charge >= 0.3 is 0 Å². The number of rotatable bonds is 4. The molecule has 0 saturated heterocycles. The fraction of sp³-hybridized carbons (Fsp3) is 0.183.